The highest BCUT2D eigenvalue weighted by Crippen LogP contribution is 2.26. The van der Waals surface area contributed by atoms with Gasteiger partial charge in [0.2, 0.25) is 0 Å². The number of nitro benzene ring substituents is 1. The van der Waals surface area contributed by atoms with Gasteiger partial charge in [-0.1, -0.05) is 28.1 Å². The minimum Gasteiger partial charge on any atom is -0.419 e. The number of halogens is 1. The van der Waals surface area contributed by atoms with Crippen molar-refractivity contribution in [3.8, 4) is 0 Å². The van der Waals surface area contributed by atoms with Crippen LogP contribution in [-0.2, 0) is 25.5 Å². The number of allylic oxidation sites excluding steroid dienone is 1. The standard InChI is InChI=1S/C14H12BrNO6/c1-14(2)21-12(17)10(13(18)22-14)6-4-8-3-5-9(15)7-11(8)16(19)20/h3,5-7H,4H2,1-2H3. The van der Waals surface area contributed by atoms with Crippen molar-refractivity contribution in [2.45, 2.75) is 26.1 Å². The summed E-state index contributed by atoms with van der Waals surface area (Å²) in [4.78, 5) is 34.1. The maximum Gasteiger partial charge on any atom is 0.348 e. The van der Waals surface area contributed by atoms with E-state index in [1.54, 1.807) is 12.1 Å². The molecule has 22 heavy (non-hydrogen) atoms. The molecule has 0 atom stereocenters. The second-order valence-electron chi connectivity index (χ2n) is 5.03. The second-order valence-corrected chi connectivity index (χ2v) is 5.95. The fourth-order valence-corrected chi connectivity index (χ4v) is 2.27. The van der Waals surface area contributed by atoms with Gasteiger partial charge in [0.15, 0.2) is 0 Å². The normalized spacial score (nSPS) is 16.8. The fourth-order valence-electron chi connectivity index (χ4n) is 1.92. The molecule has 8 heteroatoms. The van der Waals surface area contributed by atoms with E-state index < -0.39 is 22.6 Å². The number of esters is 2. The molecule has 0 radical (unpaired) electrons. The molecule has 0 spiro atoms. The first kappa shape index (κ1) is 16.2. The van der Waals surface area contributed by atoms with Crippen molar-refractivity contribution < 1.29 is 24.0 Å². The zero-order chi connectivity index (χ0) is 16.5. The monoisotopic (exact) mass is 369 g/mol. The van der Waals surface area contributed by atoms with Crippen LogP contribution >= 0.6 is 15.9 Å². The van der Waals surface area contributed by atoms with Crippen molar-refractivity contribution in [2.24, 2.45) is 0 Å². The molecule has 2 rings (SSSR count). The molecule has 0 unspecified atom stereocenters. The first-order valence-corrected chi connectivity index (χ1v) is 7.08. The number of nitrogens with zero attached hydrogens (tertiary/aromatic N) is 1. The molecule has 0 saturated carbocycles. The number of hydrogen-bond acceptors (Lipinski definition) is 6. The summed E-state index contributed by atoms with van der Waals surface area (Å²) >= 11 is 3.16. The summed E-state index contributed by atoms with van der Waals surface area (Å²) in [5, 5.41) is 11.0. The van der Waals surface area contributed by atoms with Crippen LogP contribution in [-0.4, -0.2) is 22.6 Å². The largest absolute Gasteiger partial charge is 0.419 e. The number of rotatable bonds is 3. The second kappa shape index (κ2) is 5.88. The zero-order valence-corrected chi connectivity index (χ0v) is 13.4. The average Bonchev–Trinajstić information content (AvgIpc) is 2.37. The number of ether oxygens (including phenoxy) is 2. The third kappa shape index (κ3) is 3.51. The highest BCUT2D eigenvalue weighted by atomic mass is 79.9. The molecule has 0 aliphatic carbocycles. The Morgan fingerprint density at radius 3 is 2.41 bits per heavy atom. The minimum absolute atomic E-state index is 0.0313. The van der Waals surface area contributed by atoms with Crippen LogP contribution in [0.25, 0.3) is 0 Å². The lowest BCUT2D eigenvalue weighted by atomic mass is 10.1. The molecular weight excluding hydrogens is 358 g/mol. The molecule has 0 bridgehead atoms. The van der Waals surface area contributed by atoms with Crippen molar-refractivity contribution in [1.29, 1.82) is 0 Å². The maximum absolute atomic E-state index is 11.8. The van der Waals surface area contributed by atoms with Crippen LogP contribution in [0, 0.1) is 10.1 Å². The summed E-state index contributed by atoms with van der Waals surface area (Å²) in [5.41, 5.74) is -0.00762. The van der Waals surface area contributed by atoms with Gasteiger partial charge in [-0.2, -0.15) is 0 Å². The Hall–Kier alpha value is -2.22. The molecule has 1 saturated heterocycles. The molecule has 1 aromatic carbocycles. The van der Waals surface area contributed by atoms with Gasteiger partial charge in [0.05, 0.1) is 4.92 Å². The predicted molar refractivity (Wildman–Crippen MR) is 78.8 cm³/mol. The number of nitro groups is 1. The van der Waals surface area contributed by atoms with Crippen LogP contribution in [0.5, 0.6) is 0 Å². The highest BCUT2D eigenvalue weighted by Gasteiger charge is 2.38. The van der Waals surface area contributed by atoms with Gasteiger partial charge in [-0.05, 0) is 12.5 Å². The van der Waals surface area contributed by atoms with Gasteiger partial charge in [0.1, 0.15) is 5.57 Å². The van der Waals surface area contributed by atoms with Gasteiger partial charge in [-0.15, -0.1) is 0 Å². The number of carbonyl (C=O) groups is 2. The smallest absolute Gasteiger partial charge is 0.348 e. The Morgan fingerprint density at radius 1 is 1.27 bits per heavy atom. The maximum atomic E-state index is 11.8. The summed E-state index contributed by atoms with van der Waals surface area (Å²) in [7, 11) is 0. The van der Waals surface area contributed by atoms with E-state index in [2.05, 4.69) is 15.9 Å². The zero-order valence-electron chi connectivity index (χ0n) is 11.8. The van der Waals surface area contributed by atoms with Gasteiger partial charge in [0, 0.05) is 30.0 Å². The van der Waals surface area contributed by atoms with E-state index in [0.717, 1.165) is 0 Å². The Kier molecular flexibility index (Phi) is 4.32. The van der Waals surface area contributed by atoms with E-state index in [1.165, 1.54) is 26.0 Å². The lowest BCUT2D eigenvalue weighted by Gasteiger charge is -2.29. The minimum atomic E-state index is -1.31. The Bertz CT molecular complexity index is 673. The van der Waals surface area contributed by atoms with Gasteiger partial charge in [-0.25, -0.2) is 9.59 Å². The molecule has 1 heterocycles. The van der Waals surface area contributed by atoms with Crippen LogP contribution in [0.4, 0.5) is 5.69 Å². The lowest BCUT2D eigenvalue weighted by Crippen LogP contribution is -2.41. The summed E-state index contributed by atoms with van der Waals surface area (Å²) in [6.45, 7) is 2.89. The van der Waals surface area contributed by atoms with Crippen LogP contribution in [0.3, 0.4) is 0 Å². The van der Waals surface area contributed by atoms with Crippen molar-refractivity contribution >= 4 is 33.6 Å². The molecule has 0 aromatic heterocycles. The van der Waals surface area contributed by atoms with Gasteiger partial charge >= 0.3 is 11.9 Å². The van der Waals surface area contributed by atoms with E-state index in [-0.39, 0.29) is 17.7 Å². The molecule has 0 amide bonds. The van der Waals surface area contributed by atoms with Crippen molar-refractivity contribution in [1.82, 2.24) is 0 Å². The molecule has 1 aromatic rings. The molecule has 1 aliphatic rings. The molecule has 1 fully saturated rings. The Labute approximate surface area is 134 Å². The highest BCUT2D eigenvalue weighted by molar-refractivity contribution is 9.10. The van der Waals surface area contributed by atoms with Gasteiger partial charge in [0.25, 0.3) is 11.5 Å². The molecule has 7 nitrogen and oxygen atoms in total. The van der Waals surface area contributed by atoms with Gasteiger partial charge in [-0.3, -0.25) is 10.1 Å². The SMILES string of the molecule is CC1(C)OC(=O)C(=CCc2ccc(Br)cc2[N+](=O)[O-])C(=O)O1. The summed E-state index contributed by atoms with van der Waals surface area (Å²) in [6.07, 6.45) is 1.31. The predicted octanol–water partition coefficient (Wildman–Crippen LogP) is 2.66. The first-order chi connectivity index (χ1) is 10.2. The average molecular weight is 370 g/mol. The summed E-state index contributed by atoms with van der Waals surface area (Å²) < 4.78 is 10.5. The van der Waals surface area contributed by atoms with Crippen molar-refractivity contribution in [3.63, 3.8) is 0 Å². The van der Waals surface area contributed by atoms with Gasteiger partial charge < -0.3 is 9.47 Å². The summed E-state index contributed by atoms with van der Waals surface area (Å²) in [6, 6.07) is 4.54. The molecule has 1 aliphatic heterocycles. The Morgan fingerprint density at radius 2 is 1.86 bits per heavy atom. The number of cyclic esters (lactones) is 2. The number of benzene rings is 1. The molecular formula is C14H12BrNO6. The van der Waals surface area contributed by atoms with E-state index >= 15 is 0 Å². The van der Waals surface area contributed by atoms with Crippen molar-refractivity contribution in [3.05, 3.63) is 50.0 Å². The molecule has 0 N–H and O–H groups in total. The third-order valence-corrected chi connectivity index (χ3v) is 3.38. The first-order valence-electron chi connectivity index (χ1n) is 6.29. The van der Waals surface area contributed by atoms with Crippen molar-refractivity contribution in [2.75, 3.05) is 0 Å². The van der Waals surface area contributed by atoms with E-state index in [9.17, 15) is 19.7 Å². The Balaban J connectivity index is 2.27. The third-order valence-electron chi connectivity index (χ3n) is 2.89. The van der Waals surface area contributed by atoms with Crippen LogP contribution < -0.4 is 0 Å². The van der Waals surface area contributed by atoms with E-state index in [1.807, 2.05) is 0 Å². The molecule has 116 valence electrons. The van der Waals surface area contributed by atoms with Crippen LogP contribution in [0.2, 0.25) is 0 Å². The fraction of sp³-hybridized carbons (Fsp3) is 0.286. The summed E-state index contributed by atoms with van der Waals surface area (Å²) in [5.74, 6) is -2.92. The quantitative estimate of drug-likeness (QED) is 0.267. The van der Waals surface area contributed by atoms with Crippen LogP contribution in [0.1, 0.15) is 19.4 Å². The number of hydrogen-bond donors (Lipinski definition) is 0. The lowest BCUT2D eigenvalue weighted by molar-refractivity contribution is -0.385. The number of carbonyl (C=O) groups excluding carboxylic acids is 2. The van der Waals surface area contributed by atoms with E-state index in [4.69, 9.17) is 9.47 Å². The van der Waals surface area contributed by atoms with Crippen LogP contribution in [0.15, 0.2) is 34.3 Å². The van der Waals surface area contributed by atoms with E-state index in [0.29, 0.717) is 10.0 Å². The topological polar surface area (TPSA) is 95.7 Å².